The lowest BCUT2D eigenvalue weighted by atomic mass is 10.3. The molecule has 2 rings (SSSR count). The van der Waals surface area contributed by atoms with Gasteiger partial charge in [-0.2, -0.15) is 0 Å². The summed E-state index contributed by atoms with van der Waals surface area (Å²) >= 11 is 1.30. The zero-order chi connectivity index (χ0) is 15.1. The van der Waals surface area contributed by atoms with Crippen molar-refractivity contribution in [2.24, 2.45) is 5.84 Å². The summed E-state index contributed by atoms with van der Waals surface area (Å²) in [6.07, 6.45) is 0.619. The lowest BCUT2D eigenvalue weighted by molar-refractivity contribution is 0.0952. The Balaban J connectivity index is 1.98. The van der Waals surface area contributed by atoms with Gasteiger partial charge in [0.1, 0.15) is 10.6 Å². The number of ether oxygens (including phenoxy) is 2. The van der Waals surface area contributed by atoms with Crippen molar-refractivity contribution >= 4 is 17.2 Å². The van der Waals surface area contributed by atoms with Gasteiger partial charge in [0.15, 0.2) is 0 Å². The predicted molar refractivity (Wildman–Crippen MR) is 80.1 cm³/mol. The van der Waals surface area contributed by atoms with Crippen LogP contribution in [0.4, 0.5) is 0 Å². The van der Waals surface area contributed by atoms with Gasteiger partial charge >= 0.3 is 0 Å². The van der Waals surface area contributed by atoms with Crippen molar-refractivity contribution in [3.63, 3.8) is 0 Å². The first-order chi connectivity index (χ1) is 10.2. The zero-order valence-electron chi connectivity index (χ0n) is 11.7. The maximum absolute atomic E-state index is 11.7. The Morgan fingerprint density at radius 2 is 2.14 bits per heavy atom. The van der Waals surface area contributed by atoms with Crippen molar-refractivity contribution in [1.29, 1.82) is 0 Å². The number of amides is 1. The number of carbonyl (C=O) groups excluding carboxylic acids is 1. The number of thiazole rings is 1. The molecule has 0 aliphatic carbocycles. The average molecular weight is 307 g/mol. The molecule has 3 N–H and O–H groups in total. The number of nitrogens with two attached hydrogens (primary N) is 1. The maximum atomic E-state index is 11.7. The van der Waals surface area contributed by atoms with Gasteiger partial charge in [-0.1, -0.05) is 18.2 Å². The van der Waals surface area contributed by atoms with Crippen LogP contribution in [0, 0.1) is 0 Å². The van der Waals surface area contributed by atoms with E-state index in [9.17, 15) is 4.79 Å². The highest BCUT2D eigenvalue weighted by Crippen LogP contribution is 2.20. The van der Waals surface area contributed by atoms with Gasteiger partial charge in [0.25, 0.3) is 5.91 Å². The number of benzene rings is 1. The normalized spacial score (nSPS) is 10.4. The van der Waals surface area contributed by atoms with Crippen LogP contribution in [0.25, 0.3) is 0 Å². The third kappa shape index (κ3) is 4.25. The Hall–Kier alpha value is -1.96. The molecule has 7 heteroatoms. The molecule has 0 radical (unpaired) electrons. The van der Waals surface area contributed by atoms with Crippen LogP contribution < -0.4 is 16.0 Å². The maximum Gasteiger partial charge on any atom is 0.277 e. The number of methoxy groups -OCH3 is 1. The molecule has 0 saturated heterocycles. The van der Waals surface area contributed by atoms with Crippen LogP contribution in [0.2, 0.25) is 0 Å². The molecule has 0 aliphatic heterocycles. The highest BCUT2D eigenvalue weighted by Gasteiger charge is 2.17. The fourth-order valence-electron chi connectivity index (χ4n) is 1.76. The van der Waals surface area contributed by atoms with E-state index in [-0.39, 0.29) is 12.5 Å². The van der Waals surface area contributed by atoms with Gasteiger partial charge in [-0.05, 0) is 12.1 Å². The third-order valence-electron chi connectivity index (χ3n) is 2.69. The number of carbonyl (C=O) groups is 1. The number of hydrazine groups is 1. The fourth-order valence-corrected chi connectivity index (χ4v) is 2.71. The Labute approximate surface area is 126 Å². The molecule has 1 aromatic heterocycles. The largest absolute Gasteiger partial charge is 0.493 e. The summed E-state index contributed by atoms with van der Waals surface area (Å²) in [7, 11) is 1.56. The molecule has 2 aromatic rings. The highest BCUT2D eigenvalue weighted by atomic mass is 32.1. The molecule has 0 aliphatic rings. The molecule has 0 fully saturated rings. The minimum Gasteiger partial charge on any atom is -0.493 e. The zero-order valence-corrected chi connectivity index (χ0v) is 12.5. The first-order valence-electron chi connectivity index (χ1n) is 6.41. The van der Waals surface area contributed by atoms with E-state index in [2.05, 4.69) is 10.4 Å². The fraction of sp³-hybridized carbons (Fsp3) is 0.286. The second-order valence-electron chi connectivity index (χ2n) is 4.20. The number of hydrogen-bond donors (Lipinski definition) is 2. The number of rotatable bonds is 7. The van der Waals surface area contributed by atoms with E-state index in [0.717, 1.165) is 10.8 Å². The smallest absolute Gasteiger partial charge is 0.277 e. The number of para-hydroxylation sites is 1. The van der Waals surface area contributed by atoms with Crippen LogP contribution in [0.15, 0.2) is 30.3 Å². The van der Waals surface area contributed by atoms with Crippen molar-refractivity contribution in [1.82, 2.24) is 10.4 Å². The molecular formula is C14H17N3O3S. The SMILES string of the molecule is COCc1nc(CCOc2ccccc2)sc1C(=O)NN. The van der Waals surface area contributed by atoms with Crippen molar-refractivity contribution in [2.45, 2.75) is 13.0 Å². The highest BCUT2D eigenvalue weighted by molar-refractivity contribution is 7.13. The molecule has 0 spiro atoms. The lowest BCUT2D eigenvalue weighted by Gasteiger charge is -2.03. The quantitative estimate of drug-likeness (QED) is 0.460. The van der Waals surface area contributed by atoms with Crippen LogP contribution in [0.1, 0.15) is 20.4 Å². The second kappa shape index (κ2) is 7.72. The molecule has 112 valence electrons. The van der Waals surface area contributed by atoms with Crippen LogP contribution >= 0.6 is 11.3 Å². The molecule has 6 nitrogen and oxygen atoms in total. The molecule has 1 heterocycles. The monoisotopic (exact) mass is 307 g/mol. The minimum atomic E-state index is -0.352. The van der Waals surface area contributed by atoms with E-state index in [0.29, 0.717) is 23.6 Å². The Kier molecular flexibility index (Phi) is 5.68. The molecule has 0 bridgehead atoms. The van der Waals surface area contributed by atoms with Crippen molar-refractivity contribution in [2.75, 3.05) is 13.7 Å². The summed E-state index contributed by atoms with van der Waals surface area (Å²) in [4.78, 5) is 16.5. The van der Waals surface area contributed by atoms with Gasteiger partial charge in [0, 0.05) is 13.5 Å². The van der Waals surface area contributed by atoms with E-state index in [1.54, 1.807) is 7.11 Å². The van der Waals surface area contributed by atoms with Gasteiger partial charge in [0.2, 0.25) is 0 Å². The van der Waals surface area contributed by atoms with E-state index >= 15 is 0 Å². The molecule has 0 unspecified atom stereocenters. The number of nitrogens with zero attached hydrogens (tertiary/aromatic N) is 1. The third-order valence-corrected chi connectivity index (χ3v) is 3.84. The summed E-state index contributed by atoms with van der Waals surface area (Å²) in [5.74, 6) is 5.63. The van der Waals surface area contributed by atoms with E-state index in [1.165, 1.54) is 11.3 Å². The Morgan fingerprint density at radius 3 is 2.81 bits per heavy atom. The molecule has 1 aromatic carbocycles. The van der Waals surface area contributed by atoms with Crippen LogP contribution in [-0.2, 0) is 17.8 Å². The number of hydrogen-bond acceptors (Lipinski definition) is 6. The van der Waals surface area contributed by atoms with E-state index < -0.39 is 0 Å². The average Bonchev–Trinajstić information content (AvgIpc) is 2.91. The summed E-state index contributed by atoms with van der Waals surface area (Å²) in [5, 5.41) is 0.816. The standard InChI is InChI=1S/C14H17N3O3S/c1-19-9-11-13(14(18)17-15)21-12(16-11)7-8-20-10-5-3-2-4-6-10/h2-6H,7-9,15H2,1H3,(H,17,18). The van der Waals surface area contributed by atoms with Gasteiger partial charge in [-0.25, -0.2) is 10.8 Å². The van der Waals surface area contributed by atoms with E-state index in [1.807, 2.05) is 30.3 Å². The minimum absolute atomic E-state index is 0.277. The van der Waals surface area contributed by atoms with Crippen LogP contribution in [0.5, 0.6) is 5.75 Å². The van der Waals surface area contributed by atoms with Gasteiger partial charge in [-0.3, -0.25) is 10.2 Å². The number of aromatic nitrogens is 1. The molecule has 21 heavy (non-hydrogen) atoms. The summed E-state index contributed by atoms with van der Waals surface area (Å²) in [6, 6.07) is 9.55. The molecule has 1 amide bonds. The van der Waals surface area contributed by atoms with Gasteiger partial charge < -0.3 is 9.47 Å². The number of nitrogen functional groups attached to an aromatic ring is 1. The Bertz CT molecular complexity index is 586. The topological polar surface area (TPSA) is 86.5 Å². The molecule has 0 atom stereocenters. The van der Waals surface area contributed by atoms with Gasteiger partial charge in [-0.15, -0.1) is 11.3 Å². The van der Waals surface area contributed by atoms with Crippen molar-refractivity contribution < 1.29 is 14.3 Å². The van der Waals surface area contributed by atoms with Crippen molar-refractivity contribution in [3.05, 3.63) is 45.9 Å². The summed E-state index contributed by atoms with van der Waals surface area (Å²) < 4.78 is 10.7. The lowest BCUT2D eigenvalue weighted by Crippen LogP contribution is -2.30. The molecular weight excluding hydrogens is 290 g/mol. The van der Waals surface area contributed by atoms with Crippen molar-refractivity contribution in [3.8, 4) is 5.75 Å². The van der Waals surface area contributed by atoms with Crippen LogP contribution in [-0.4, -0.2) is 24.6 Å². The second-order valence-corrected chi connectivity index (χ2v) is 5.29. The summed E-state index contributed by atoms with van der Waals surface area (Å²) in [6.45, 7) is 0.770. The first-order valence-corrected chi connectivity index (χ1v) is 7.22. The predicted octanol–water partition coefficient (Wildman–Crippen LogP) is 1.51. The first kappa shape index (κ1) is 15.4. The van der Waals surface area contributed by atoms with E-state index in [4.69, 9.17) is 15.3 Å². The summed E-state index contributed by atoms with van der Waals surface area (Å²) in [5.41, 5.74) is 2.72. The Morgan fingerprint density at radius 1 is 1.38 bits per heavy atom. The number of nitrogens with one attached hydrogen (secondary N) is 1. The van der Waals surface area contributed by atoms with Gasteiger partial charge in [0.05, 0.1) is 23.9 Å². The van der Waals surface area contributed by atoms with Crippen LogP contribution in [0.3, 0.4) is 0 Å². The molecule has 0 saturated carbocycles.